The summed E-state index contributed by atoms with van der Waals surface area (Å²) >= 11 is 0. The van der Waals surface area contributed by atoms with E-state index in [9.17, 15) is 4.79 Å². The molecule has 0 bridgehead atoms. The van der Waals surface area contributed by atoms with Crippen molar-refractivity contribution in [1.29, 1.82) is 0 Å². The number of carbonyl (C=O) groups is 1. The Morgan fingerprint density at radius 3 is 2.48 bits per heavy atom. The summed E-state index contributed by atoms with van der Waals surface area (Å²) in [5.41, 5.74) is 6.75. The van der Waals surface area contributed by atoms with E-state index < -0.39 is 0 Å². The molecule has 0 spiro atoms. The first kappa shape index (κ1) is 17.7. The van der Waals surface area contributed by atoms with Gasteiger partial charge in [-0.3, -0.25) is 4.79 Å². The van der Waals surface area contributed by atoms with Crippen molar-refractivity contribution in [3.63, 3.8) is 0 Å². The molecule has 1 aromatic rings. The summed E-state index contributed by atoms with van der Waals surface area (Å²) in [6.45, 7) is 3.48. The molecule has 0 fully saturated rings. The molecule has 2 unspecified atom stereocenters. The van der Waals surface area contributed by atoms with E-state index in [2.05, 4.69) is 29.3 Å². The molecule has 4 heteroatoms. The highest BCUT2D eigenvalue weighted by molar-refractivity contribution is 5.75. The molecule has 21 heavy (non-hydrogen) atoms. The van der Waals surface area contributed by atoms with Crippen LogP contribution in [0.25, 0.3) is 0 Å². The minimum Gasteiger partial charge on any atom is -0.354 e. The lowest BCUT2D eigenvalue weighted by Crippen LogP contribution is -2.34. The molecule has 0 saturated heterocycles. The third kappa shape index (κ3) is 6.74. The molecule has 0 radical (unpaired) electrons. The van der Waals surface area contributed by atoms with Crippen molar-refractivity contribution in [2.24, 2.45) is 11.7 Å². The molecule has 1 rings (SSSR count). The van der Waals surface area contributed by atoms with Crippen LogP contribution in [0, 0.1) is 5.92 Å². The fraction of sp³-hybridized carbons (Fsp3) is 0.588. The standard InChI is InChI=1S/C17H29N3O/c1-14(11-12-18)9-10-17(21)19-13-16(20(2)3)15-7-5-4-6-8-15/h4-8,14,16H,9-13,18H2,1-3H3,(H,19,21). The normalized spacial score (nSPS) is 14.0. The van der Waals surface area contributed by atoms with Gasteiger partial charge in [0.1, 0.15) is 0 Å². The van der Waals surface area contributed by atoms with Crippen LogP contribution in [0.15, 0.2) is 30.3 Å². The van der Waals surface area contributed by atoms with Crippen LogP contribution in [0.1, 0.15) is 37.8 Å². The fourth-order valence-corrected chi connectivity index (χ4v) is 2.38. The van der Waals surface area contributed by atoms with Crippen molar-refractivity contribution in [2.75, 3.05) is 27.2 Å². The highest BCUT2D eigenvalue weighted by atomic mass is 16.1. The molecule has 0 saturated carbocycles. The maximum atomic E-state index is 11.9. The van der Waals surface area contributed by atoms with Gasteiger partial charge in [0, 0.05) is 13.0 Å². The van der Waals surface area contributed by atoms with E-state index in [4.69, 9.17) is 5.73 Å². The molecule has 0 aliphatic rings. The zero-order valence-electron chi connectivity index (χ0n) is 13.5. The maximum Gasteiger partial charge on any atom is 0.220 e. The van der Waals surface area contributed by atoms with Gasteiger partial charge in [0.05, 0.1) is 6.04 Å². The zero-order chi connectivity index (χ0) is 15.7. The molecule has 1 aromatic carbocycles. The van der Waals surface area contributed by atoms with Crippen molar-refractivity contribution < 1.29 is 4.79 Å². The molecule has 0 aromatic heterocycles. The highest BCUT2D eigenvalue weighted by Gasteiger charge is 2.15. The van der Waals surface area contributed by atoms with E-state index in [0.29, 0.717) is 25.4 Å². The molecule has 1 amide bonds. The second-order valence-corrected chi connectivity index (χ2v) is 5.92. The van der Waals surface area contributed by atoms with E-state index in [1.54, 1.807) is 0 Å². The summed E-state index contributed by atoms with van der Waals surface area (Å²) in [7, 11) is 4.07. The van der Waals surface area contributed by atoms with Crippen LogP contribution >= 0.6 is 0 Å². The molecule has 118 valence electrons. The van der Waals surface area contributed by atoms with E-state index in [1.165, 1.54) is 5.56 Å². The Morgan fingerprint density at radius 2 is 1.90 bits per heavy atom. The van der Waals surface area contributed by atoms with Crippen LogP contribution in [-0.2, 0) is 4.79 Å². The van der Waals surface area contributed by atoms with Crippen molar-refractivity contribution in [3.8, 4) is 0 Å². The first-order valence-electron chi connectivity index (χ1n) is 7.72. The third-order valence-electron chi connectivity index (χ3n) is 3.82. The van der Waals surface area contributed by atoms with E-state index >= 15 is 0 Å². The summed E-state index contributed by atoms with van der Waals surface area (Å²) in [6, 6.07) is 10.5. The number of amides is 1. The molecule has 0 aliphatic heterocycles. The largest absolute Gasteiger partial charge is 0.354 e. The number of carbonyl (C=O) groups excluding carboxylic acids is 1. The molecule has 3 N–H and O–H groups in total. The first-order valence-corrected chi connectivity index (χ1v) is 7.72. The smallest absolute Gasteiger partial charge is 0.220 e. The zero-order valence-corrected chi connectivity index (χ0v) is 13.5. The molecule has 0 heterocycles. The lowest BCUT2D eigenvalue weighted by molar-refractivity contribution is -0.121. The predicted octanol–water partition coefficient (Wildman–Crippen LogP) is 2.17. The van der Waals surface area contributed by atoms with Crippen LogP contribution in [0.4, 0.5) is 0 Å². The van der Waals surface area contributed by atoms with Crippen LogP contribution in [0.3, 0.4) is 0 Å². The first-order chi connectivity index (χ1) is 10.0. The summed E-state index contributed by atoms with van der Waals surface area (Å²) in [5.74, 6) is 0.640. The minimum absolute atomic E-state index is 0.127. The summed E-state index contributed by atoms with van der Waals surface area (Å²) in [4.78, 5) is 14.1. The summed E-state index contributed by atoms with van der Waals surface area (Å²) in [5, 5.41) is 3.05. The van der Waals surface area contributed by atoms with Crippen LogP contribution in [0.5, 0.6) is 0 Å². The molecule has 4 nitrogen and oxygen atoms in total. The van der Waals surface area contributed by atoms with Gasteiger partial charge in [-0.05, 0) is 45.0 Å². The van der Waals surface area contributed by atoms with Gasteiger partial charge in [-0.25, -0.2) is 0 Å². The van der Waals surface area contributed by atoms with Crippen LogP contribution in [0.2, 0.25) is 0 Å². The van der Waals surface area contributed by atoms with Crippen LogP contribution in [-0.4, -0.2) is 38.0 Å². The second kappa shape index (κ2) is 9.53. The average Bonchev–Trinajstić information content (AvgIpc) is 2.46. The summed E-state index contributed by atoms with van der Waals surface area (Å²) < 4.78 is 0. The molecule has 2 atom stereocenters. The Balaban J connectivity index is 2.42. The predicted molar refractivity (Wildman–Crippen MR) is 87.9 cm³/mol. The average molecular weight is 291 g/mol. The van der Waals surface area contributed by atoms with E-state index in [-0.39, 0.29) is 11.9 Å². The maximum absolute atomic E-state index is 11.9. The van der Waals surface area contributed by atoms with Gasteiger partial charge in [0.25, 0.3) is 0 Å². The topological polar surface area (TPSA) is 58.4 Å². The van der Waals surface area contributed by atoms with Crippen molar-refractivity contribution in [1.82, 2.24) is 10.2 Å². The quantitative estimate of drug-likeness (QED) is 0.733. The van der Waals surface area contributed by atoms with Crippen molar-refractivity contribution in [2.45, 2.75) is 32.2 Å². The van der Waals surface area contributed by atoms with Gasteiger partial charge in [0.2, 0.25) is 5.91 Å². The van der Waals surface area contributed by atoms with E-state index in [1.807, 2.05) is 32.3 Å². The van der Waals surface area contributed by atoms with Gasteiger partial charge in [-0.2, -0.15) is 0 Å². The van der Waals surface area contributed by atoms with Gasteiger partial charge >= 0.3 is 0 Å². The lowest BCUT2D eigenvalue weighted by Gasteiger charge is -2.25. The number of rotatable bonds is 9. The lowest BCUT2D eigenvalue weighted by atomic mass is 10.0. The van der Waals surface area contributed by atoms with E-state index in [0.717, 1.165) is 12.8 Å². The number of hydrogen-bond acceptors (Lipinski definition) is 3. The molecular formula is C17H29N3O. The number of nitrogens with one attached hydrogen (secondary N) is 1. The number of nitrogens with zero attached hydrogens (tertiary/aromatic N) is 1. The monoisotopic (exact) mass is 291 g/mol. The molecular weight excluding hydrogens is 262 g/mol. The number of hydrogen-bond donors (Lipinski definition) is 2. The Hall–Kier alpha value is -1.39. The molecule has 0 aliphatic carbocycles. The SMILES string of the molecule is CC(CCN)CCC(=O)NCC(c1ccccc1)N(C)C. The Morgan fingerprint density at radius 1 is 1.24 bits per heavy atom. The second-order valence-electron chi connectivity index (χ2n) is 5.92. The van der Waals surface area contributed by atoms with Gasteiger partial charge in [-0.1, -0.05) is 37.3 Å². The van der Waals surface area contributed by atoms with Gasteiger partial charge in [-0.15, -0.1) is 0 Å². The third-order valence-corrected chi connectivity index (χ3v) is 3.82. The minimum atomic E-state index is 0.127. The van der Waals surface area contributed by atoms with Gasteiger partial charge in [0.15, 0.2) is 0 Å². The van der Waals surface area contributed by atoms with Crippen LogP contribution < -0.4 is 11.1 Å². The number of likely N-dealkylation sites (N-methyl/N-ethyl adjacent to an activating group) is 1. The highest BCUT2D eigenvalue weighted by Crippen LogP contribution is 2.17. The summed E-state index contributed by atoms with van der Waals surface area (Å²) in [6.07, 6.45) is 2.47. The van der Waals surface area contributed by atoms with Gasteiger partial charge < -0.3 is 16.0 Å². The Labute approximate surface area is 128 Å². The fourth-order valence-electron chi connectivity index (χ4n) is 2.38. The Kier molecular flexibility index (Phi) is 8.01. The number of benzene rings is 1. The number of nitrogens with two attached hydrogens (primary N) is 1. The van der Waals surface area contributed by atoms with Crippen molar-refractivity contribution >= 4 is 5.91 Å². The van der Waals surface area contributed by atoms with Crippen molar-refractivity contribution in [3.05, 3.63) is 35.9 Å². The Bertz CT molecular complexity index is 406.